The molecule has 1 aromatic carbocycles. The van der Waals surface area contributed by atoms with Crippen molar-refractivity contribution in [2.45, 2.75) is 12.1 Å². The van der Waals surface area contributed by atoms with E-state index >= 15 is 0 Å². The van der Waals surface area contributed by atoms with Gasteiger partial charge >= 0.3 is 0 Å². The van der Waals surface area contributed by atoms with Crippen LogP contribution in [0.1, 0.15) is 0 Å². The number of halogens is 1. The average Bonchev–Trinajstić information content (AvgIpc) is 2.91. The molecule has 0 spiro atoms. The van der Waals surface area contributed by atoms with Gasteiger partial charge in [0.25, 0.3) is 0 Å². The van der Waals surface area contributed by atoms with Gasteiger partial charge in [-0.1, -0.05) is 0 Å². The van der Waals surface area contributed by atoms with Gasteiger partial charge in [-0.25, -0.2) is 12.8 Å². The maximum absolute atomic E-state index is 12.9. The molecule has 0 N–H and O–H groups in total. The van der Waals surface area contributed by atoms with Crippen LogP contribution in [0.4, 0.5) is 4.39 Å². The van der Waals surface area contributed by atoms with Crippen molar-refractivity contribution < 1.29 is 22.3 Å². The van der Waals surface area contributed by atoms with Crippen LogP contribution in [0.2, 0.25) is 0 Å². The van der Waals surface area contributed by atoms with Gasteiger partial charge in [0.05, 0.1) is 18.1 Å². The highest BCUT2D eigenvalue weighted by molar-refractivity contribution is 7.91. The third kappa shape index (κ3) is 4.69. The first-order chi connectivity index (χ1) is 12.0. The first kappa shape index (κ1) is 18.6. The molecule has 2 saturated heterocycles. The molecule has 2 atom stereocenters. The Bertz CT molecular complexity index is 668. The summed E-state index contributed by atoms with van der Waals surface area (Å²) >= 11 is 0. The molecule has 0 bridgehead atoms. The monoisotopic (exact) mass is 372 g/mol. The fraction of sp³-hybridized carbons (Fsp3) is 0.647. The minimum atomic E-state index is -3.01. The lowest BCUT2D eigenvalue weighted by Crippen LogP contribution is -2.60. The molecule has 0 unspecified atom stereocenters. The highest BCUT2D eigenvalue weighted by Crippen LogP contribution is 2.26. The smallest absolute Gasteiger partial charge is 0.153 e. The minimum absolute atomic E-state index is 0.00687. The van der Waals surface area contributed by atoms with Crippen LogP contribution >= 0.6 is 0 Å². The van der Waals surface area contributed by atoms with Gasteiger partial charge in [-0.2, -0.15) is 0 Å². The third-order valence-corrected chi connectivity index (χ3v) is 6.65. The molecule has 8 heteroatoms. The zero-order valence-corrected chi connectivity index (χ0v) is 15.3. The summed E-state index contributed by atoms with van der Waals surface area (Å²) in [7, 11) is -1.35. The molecule has 0 radical (unpaired) electrons. The zero-order chi connectivity index (χ0) is 17.9. The van der Waals surface area contributed by atoms with Gasteiger partial charge in [-0.3, -0.25) is 9.80 Å². The third-order valence-electron chi connectivity index (χ3n) is 4.95. The van der Waals surface area contributed by atoms with Crippen molar-refractivity contribution in [3.8, 4) is 5.75 Å². The Balaban J connectivity index is 1.57. The van der Waals surface area contributed by atoms with Gasteiger partial charge in [-0.05, 0) is 24.3 Å². The van der Waals surface area contributed by atoms with Crippen LogP contribution < -0.4 is 4.74 Å². The number of sulfone groups is 1. The second kappa shape index (κ2) is 7.99. The van der Waals surface area contributed by atoms with Crippen LogP contribution in [0.15, 0.2) is 24.3 Å². The molecule has 25 heavy (non-hydrogen) atoms. The van der Waals surface area contributed by atoms with Crippen molar-refractivity contribution >= 4 is 9.84 Å². The molecule has 2 heterocycles. The van der Waals surface area contributed by atoms with E-state index in [0.717, 1.165) is 19.6 Å². The number of fused-ring (bicyclic) bond motifs is 1. The lowest BCUT2D eigenvalue weighted by atomic mass is 10.0. The zero-order valence-electron chi connectivity index (χ0n) is 14.4. The van der Waals surface area contributed by atoms with Crippen molar-refractivity contribution in [2.24, 2.45) is 0 Å². The topological polar surface area (TPSA) is 59.1 Å². The van der Waals surface area contributed by atoms with E-state index in [1.165, 1.54) is 12.1 Å². The van der Waals surface area contributed by atoms with Crippen molar-refractivity contribution in [3.63, 3.8) is 0 Å². The van der Waals surface area contributed by atoms with E-state index < -0.39 is 9.84 Å². The van der Waals surface area contributed by atoms with Crippen molar-refractivity contribution in [2.75, 3.05) is 58.0 Å². The molecule has 1 aromatic rings. The first-order valence-corrected chi connectivity index (χ1v) is 10.4. The van der Waals surface area contributed by atoms with Gasteiger partial charge in [0, 0.05) is 45.4 Å². The Morgan fingerprint density at radius 3 is 2.16 bits per heavy atom. The lowest BCUT2D eigenvalue weighted by Gasteiger charge is -2.43. The Hall–Kier alpha value is -1.22. The standard InChI is InChI=1S/C17H25FN2O4S/c1-23-10-8-19-6-7-20(17-13-25(21,22)12-16(17)19)9-11-24-15-4-2-14(18)3-5-15/h2-5,16-17H,6-13H2,1H3/t16-,17+/m0/s1. The Morgan fingerprint density at radius 1 is 1.04 bits per heavy atom. The average molecular weight is 372 g/mol. The first-order valence-electron chi connectivity index (χ1n) is 8.54. The van der Waals surface area contributed by atoms with Gasteiger partial charge in [-0.15, -0.1) is 0 Å². The van der Waals surface area contributed by atoms with Crippen molar-refractivity contribution in [1.29, 1.82) is 0 Å². The van der Waals surface area contributed by atoms with Crippen molar-refractivity contribution in [3.05, 3.63) is 30.1 Å². The molecule has 2 fully saturated rings. The molecular weight excluding hydrogens is 347 g/mol. The SMILES string of the molecule is COCCN1CCN(CCOc2ccc(F)cc2)[C@@H]2CS(=O)(=O)C[C@@H]21. The van der Waals surface area contributed by atoms with E-state index in [2.05, 4.69) is 9.80 Å². The molecule has 2 aliphatic heterocycles. The Kier molecular flexibility index (Phi) is 5.93. The Morgan fingerprint density at radius 2 is 1.60 bits per heavy atom. The lowest BCUT2D eigenvalue weighted by molar-refractivity contribution is 0.0234. The van der Waals surface area contributed by atoms with Crippen LogP contribution in [0.5, 0.6) is 5.75 Å². The summed E-state index contributed by atoms with van der Waals surface area (Å²) in [6, 6.07) is 5.96. The molecule has 2 aliphatic rings. The normalized spacial score (nSPS) is 26.5. The van der Waals surface area contributed by atoms with E-state index in [4.69, 9.17) is 9.47 Å². The second-order valence-electron chi connectivity index (χ2n) is 6.58. The molecule has 3 rings (SSSR count). The van der Waals surface area contributed by atoms with Crippen LogP contribution in [0, 0.1) is 5.82 Å². The van der Waals surface area contributed by atoms with Gasteiger partial charge < -0.3 is 9.47 Å². The fourth-order valence-electron chi connectivity index (χ4n) is 3.67. The molecule has 6 nitrogen and oxygen atoms in total. The number of hydrogen-bond acceptors (Lipinski definition) is 6. The summed E-state index contributed by atoms with van der Waals surface area (Å²) in [5.41, 5.74) is 0. The summed E-state index contributed by atoms with van der Waals surface area (Å²) in [4.78, 5) is 4.44. The Labute approximate surface area is 148 Å². The number of rotatable bonds is 7. The number of nitrogens with zero attached hydrogens (tertiary/aromatic N) is 2. The van der Waals surface area contributed by atoms with Gasteiger partial charge in [0.1, 0.15) is 18.2 Å². The van der Waals surface area contributed by atoms with E-state index in [1.54, 1.807) is 19.2 Å². The number of benzene rings is 1. The van der Waals surface area contributed by atoms with Gasteiger partial charge in [0.15, 0.2) is 9.84 Å². The fourth-order valence-corrected chi connectivity index (χ4v) is 5.71. The number of hydrogen-bond donors (Lipinski definition) is 0. The van der Waals surface area contributed by atoms with Crippen LogP contribution in [-0.2, 0) is 14.6 Å². The maximum atomic E-state index is 12.9. The molecular formula is C17H25FN2O4S. The number of ether oxygens (including phenoxy) is 2. The maximum Gasteiger partial charge on any atom is 0.153 e. The second-order valence-corrected chi connectivity index (χ2v) is 8.73. The van der Waals surface area contributed by atoms with E-state index in [0.29, 0.717) is 25.5 Å². The molecule has 0 aromatic heterocycles. The van der Waals surface area contributed by atoms with Crippen molar-refractivity contribution in [1.82, 2.24) is 9.80 Å². The summed E-state index contributed by atoms with van der Waals surface area (Å²) < 4.78 is 48.0. The highest BCUT2D eigenvalue weighted by atomic mass is 32.2. The predicted octanol–water partition coefficient (Wildman–Crippen LogP) is 0.634. The van der Waals surface area contributed by atoms with E-state index in [-0.39, 0.29) is 29.4 Å². The molecule has 0 aliphatic carbocycles. The highest BCUT2D eigenvalue weighted by Gasteiger charge is 2.46. The van der Waals surface area contributed by atoms with Crippen LogP contribution in [0.3, 0.4) is 0 Å². The molecule has 0 amide bonds. The van der Waals surface area contributed by atoms with E-state index in [1.807, 2.05) is 0 Å². The predicted molar refractivity (Wildman–Crippen MR) is 93.1 cm³/mol. The number of methoxy groups -OCH3 is 1. The summed E-state index contributed by atoms with van der Waals surface area (Å²) in [5.74, 6) is 0.753. The van der Waals surface area contributed by atoms with Gasteiger partial charge in [0.2, 0.25) is 0 Å². The molecule has 0 saturated carbocycles. The molecule has 140 valence electrons. The number of piperazine rings is 1. The largest absolute Gasteiger partial charge is 0.492 e. The summed E-state index contributed by atoms with van der Waals surface area (Å²) in [6.07, 6.45) is 0. The van der Waals surface area contributed by atoms with Crippen LogP contribution in [-0.4, -0.2) is 88.3 Å². The van der Waals surface area contributed by atoms with E-state index in [9.17, 15) is 12.8 Å². The summed E-state index contributed by atoms with van der Waals surface area (Å²) in [6.45, 7) is 4.12. The quantitative estimate of drug-likeness (QED) is 0.700. The van der Waals surface area contributed by atoms with Crippen LogP contribution in [0.25, 0.3) is 0 Å². The summed E-state index contributed by atoms with van der Waals surface area (Å²) in [5, 5.41) is 0. The minimum Gasteiger partial charge on any atom is -0.492 e.